The zero-order chi connectivity index (χ0) is 47.6. The summed E-state index contributed by atoms with van der Waals surface area (Å²) in [5.41, 5.74) is 0. The van der Waals surface area contributed by atoms with Gasteiger partial charge in [0, 0.05) is 27.2 Å². The number of hydrogen-bond donors (Lipinski definition) is 0. The Hall–Kier alpha value is -2.52. The van der Waals surface area contributed by atoms with E-state index < -0.39 is 122 Å². The van der Waals surface area contributed by atoms with Crippen LogP contribution in [0.15, 0.2) is 0 Å². The average Bonchev–Trinajstić information content (AvgIpc) is 3.73. The average molecular weight is 931 g/mol. The van der Waals surface area contributed by atoms with Gasteiger partial charge in [-0.05, 0) is 67.7 Å². The van der Waals surface area contributed by atoms with E-state index in [4.69, 9.17) is 66.3 Å². The van der Waals surface area contributed by atoms with Crippen LogP contribution in [0.4, 0.5) is 0 Å². The van der Waals surface area contributed by atoms with Gasteiger partial charge in [0.05, 0.1) is 31.5 Å². The van der Waals surface area contributed by atoms with Gasteiger partial charge >= 0.3 is 23.9 Å². The van der Waals surface area contributed by atoms with E-state index in [1.54, 1.807) is 27.7 Å². The molecule has 5 aliphatic rings. The van der Waals surface area contributed by atoms with E-state index in [0.717, 1.165) is 77.0 Å². The largest absolute Gasteiger partial charge is 0.469 e. The number of unbranched alkanes of at least 4 members (excludes halogenated alkanes) is 8. The molecule has 0 aromatic heterocycles. The van der Waals surface area contributed by atoms with Crippen molar-refractivity contribution in [1.29, 1.82) is 0 Å². The highest BCUT2D eigenvalue weighted by molar-refractivity contribution is 5.69. The second kappa shape index (κ2) is 24.2. The van der Waals surface area contributed by atoms with Crippen LogP contribution < -0.4 is 0 Å². The summed E-state index contributed by atoms with van der Waals surface area (Å²) in [5, 5.41) is 0. The maximum atomic E-state index is 12.4. The monoisotopic (exact) mass is 931 g/mol. The van der Waals surface area contributed by atoms with Crippen molar-refractivity contribution in [2.24, 2.45) is 0 Å². The molecule has 5 rings (SSSR count). The van der Waals surface area contributed by atoms with Gasteiger partial charge in [-0.1, -0.05) is 64.7 Å². The lowest BCUT2D eigenvalue weighted by molar-refractivity contribution is -0.359. The number of rotatable bonds is 23. The van der Waals surface area contributed by atoms with E-state index in [1.165, 1.54) is 27.9 Å². The Morgan fingerprint density at radius 1 is 0.508 bits per heavy atom. The van der Waals surface area contributed by atoms with Crippen molar-refractivity contribution in [3.05, 3.63) is 0 Å². The first kappa shape index (κ1) is 53.4. The molecular weight excluding hydrogens is 852 g/mol. The van der Waals surface area contributed by atoms with Crippen molar-refractivity contribution in [2.45, 2.75) is 269 Å². The van der Waals surface area contributed by atoms with Gasteiger partial charge in [-0.2, -0.15) is 0 Å². The topological polar surface area (TPSA) is 197 Å². The molecule has 5 saturated heterocycles. The van der Waals surface area contributed by atoms with Crippen molar-refractivity contribution < 1.29 is 85.5 Å². The van der Waals surface area contributed by atoms with Crippen LogP contribution in [-0.4, -0.2) is 141 Å². The Bertz CT molecular complexity index is 1540. The summed E-state index contributed by atoms with van der Waals surface area (Å²) in [6, 6.07) is 0. The molecule has 5 fully saturated rings. The van der Waals surface area contributed by atoms with Gasteiger partial charge < -0.3 is 66.3 Å². The highest BCUT2D eigenvalue weighted by Gasteiger charge is 2.61. The standard InChI is InChI=1S/C47H78O18/c1-13-14-20-23-32(24-21-18-16-15-17-19-22-25-33(51)52-12)59-44-41-38(62-46(8,9)64-41)36(27(3)54-44)61-45-42-39(63-47(10,11)65-42)35(28(4)55-45)60-43-40(58-31(7)50)37(57-30(6)49)34(26(2)53-43)56-29(5)48/h26-28,32,34-45H,13-25H2,1-12H3/t26-,27-,28-,32-,34-,35-,36-,37+,38+,39+,40+,41+,42+,43-,44-,45-/m0/s1. The molecule has 0 radical (unpaired) electrons. The lowest BCUT2D eigenvalue weighted by Crippen LogP contribution is -2.65. The minimum Gasteiger partial charge on any atom is -0.469 e. The van der Waals surface area contributed by atoms with Crippen molar-refractivity contribution in [2.75, 3.05) is 7.11 Å². The van der Waals surface area contributed by atoms with Crippen LogP contribution in [-0.2, 0) is 85.5 Å². The normalized spacial score (nSPS) is 36.5. The smallest absolute Gasteiger partial charge is 0.305 e. The summed E-state index contributed by atoms with van der Waals surface area (Å²) in [5.74, 6) is -4.21. The Kier molecular flexibility index (Phi) is 19.9. The highest BCUT2D eigenvalue weighted by Crippen LogP contribution is 2.44. The molecule has 0 saturated carbocycles. The second-order valence-electron chi connectivity index (χ2n) is 19.0. The fourth-order valence-electron chi connectivity index (χ4n) is 9.53. The van der Waals surface area contributed by atoms with Crippen molar-refractivity contribution >= 4 is 23.9 Å². The van der Waals surface area contributed by atoms with E-state index in [1.807, 2.05) is 20.8 Å². The maximum absolute atomic E-state index is 12.4. The Morgan fingerprint density at radius 3 is 1.46 bits per heavy atom. The minimum atomic E-state index is -1.32. The molecule has 65 heavy (non-hydrogen) atoms. The molecule has 0 spiro atoms. The van der Waals surface area contributed by atoms with Gasteiger partial charge in [0.25, 0.3) is 0 Å². The van der Waals surface area contributed by atoms with Crippen LogP contribution in [0.3, 0.4) is 0 Å². The molecule has 0 aromatic rings. The first-order chi connectivity index (χ1) is 30.7. The lowest BCUT2D eigenvalue weighted by Gasteiger charge is -2.48. The maximum Gasteiger partial charge on any atom is 0.305 e. The highest BCUT2D eigenvalue weighted by atomic mass is 16.8. The van der Waals surface area contributed by atoms with Gasteiger partial charge in [0.1, 0.15) is 36.6 Å². The minimum absolute atomic E-state index is 0.0239. The molecule has 18 heteroatoms. The summed E-state index contributed by atoms with van der Waals surface area (Å²) in [7, 11) is 1.43. The number of ether oxygens (including phenoxy) is 14. The molecule has 5 aliphatic heterocycles. The van der Waals surface area contributed by atoms with Crippen LogP contribution in [0.25, 0.3) is 0 Å². The summed E-state index contributed by atoms with van der Waals surface area (Å²) >= 11 is 0. The second-order valence-corrected chi connectivity index (χ2v) is 19.0. The molecule has 0 aliphatic carbocycles. The zero-order valence-corrected chi connectivity index (χ0v) is 40.8. The van der Waals surface area contributed by atoms with Gasteiger partial charge in [0.2, 0.25) is 0 Å². The number of esters is 4. The fourth-order valence-corrected chi connectivity index (χ4v) is 9.53. The molecule has 0 N–H and O–H groups in total. The molecule has 18 nitrogen and oxygen atoms in total. The molecule has 0 amide bonds. The molecule has 16 atom stereocenters. The third-order valence-corrected chi connectivity index (χ3v) is 12.4. The van der Waals surface area contributed by atoms with Crippen LogP contribution in [0.5, 0.6) is 0 Å². The fraction of sp³-hybridized carbons (Fsp3) is 0.915. The summed E-state index contributed by atoms with van der Waals surface area (Å²) in [6.45, 7) is 18.5. The third-order valence-electron chi connectivity index (χ3n) is 12.4. The summed E-state index contributed by atoms with van der Waals surface area (Å²) in [4.78, 5) is 48.2. The van der Waals surface area contributed by atoms with E-state index in [0.29, 0.717) is 6.42 Å². The number of fused-ring (bicyclic) bond motifs is 2. The summed E-state index contributed by atoms with van der Waals surface area (Å²) < 4.78 is 87.2. The summed E-state index contributed by atoms with van der Waals surface area (Å²) in [6.07, 6.45) is -0.131. The van der Waals surface area contributed by atoms with Gasteiger partial charge in [-0.15, -0.1) is 0 Å². The van der Waals surface area contributed by atoms with E-state index in [2.05, 4.69) is 6.92 Å². The van der Waals surface area contributed by atoms with Crippen molar-refractivity contribution in [3.63, 3.8) is 0 Å². The van der Waals surface area contributed by atoms with E-state index in [9.17, 15) is 19.2 Å². The first-order valence-corrected chi connectivity index (χ1v) is 23.9. The van der Waals surface area contributed by atoms with Crippen LogP contribution in [0.1, 0.15) is 160 Å². The van der Waals surface area contributed by atoms with Crippen LogP contribution in [0, 0.1) is 0 Å². The SMILES string of the molecule is CCCCC[C@@H](CCCCCCCCCC(=O)OC)O[C@@H]1O[C@@H](C)[C@H](O[C@@H]2O[C@@H](C)[C@H](O[C@@H]3O[C@@H](C)[C@H](OC(C)=O)[C@@H](OC(C)=O)[C@H]3OC(C)=O)[C@H]3OC(C)(C)O[C@@H]23)[C@H]2OC(C)(C)O[C@@H]12. The van der Waals surface area contributed by atoms with Crippen molar-refractivity contribution in [1.82, 2.24) is 0 Å². The van der Waals surface area contributed by atoms with E-state index >= 15 is 0 Å². The van der Waals surface area contributed by atoms with Crippen LogP contribution >= 0.6 is 0 Å². The van der Waals surface area contributed by atoms with Gasteiger partial charge in [0.15, 0.2) is 48.8 Å². The van der Waals surface area contributed by atoms with Gasteiger partial charge in [-0.3, -0.25) is 19.2 Å². The number of carbonyl (C=O) groups excluding carboxylic acids is 4. The molecular formula is C47H78O18. The predicted octanol–water partition coefficient (Wildman–Crippen LogP) is 6.48. The first-order valence-electron chi connectivity index (χ1n) is 23.9. The quantitative estimate of drug-likeness (QED) is 0.0613. The molecule has 0 aromatic carbocycles. The molecule has 0 unspecified atom stereocenters. The van der Waals surface area contributed by atoms with Crippen LogP contribution in [0.2, 0.25) is 0 Å². The molecule has 5 heterocycles. The number of hydrogen-bond acceptors (Lipinski definition) is 18. The molecule has 0 bridgehead atoms. The third kappa shape index (κ3) is 15.0. The van der Waals surface area contributed by atoms with Crippen molar-refractivity contribution in [3.8, 4) is 0 Å². The zero-order valence-electron chi connectivity index (χ0n) is 40.8. The predicted molar refractivity (Wildman–Crippen MR) is 230 cm³/mol. The number of carbonyl (C=O) groups is 4. The molecule has 374 valence electrons. The van der Waals surface area contributed by atoms with E-state index in [-0.39, 0.29) is 12.1 Å². The Labute approximate surface area is 385 Å². The Balaban J connectivity index is 1.26. The number of methoxy groups -OCH3 is 1. The lowest BCUT2D eigenvalue weighted by atomic mass is 9.96. The van der Waals surface area contributed by atoms with Gasteiger partial charge in [-0.25, -0.2) is 0 Å². The Morgan fingerprint density at radius 2 is 0.923 bits per heavy atom.